The topological polar surface area (TPSA) is 113 Å². The first kappa shape index (κ1) is 22.0. The standard InChI is InChI=1S/C26H24N6O3/c1-15-5-4-6-18(11-15)30-26(33)29-17-9-7-16(8-10-17)28-25-24-20(14-27-32-24)19-12-22(34-2)23(35-3)13-21(19)31-25/h4-14H,1-3H3,(H,27,32)(H,28,31)(H2,29,30,33). The lowest BCUT2D eigenvalue weighted by molar-refractivity contribution is 0.262. The summed E-state index contributed by atoms with van der Waals surface area (Å²) in [6.45, 7) is 1.98. The summed E-state index contributed by atoms with van der Waals surface area (Å²) in [7, 11) is 3.19. The maximum absolute atomic E-state index is 12.3. The minimum atomic E-state index is -0.310. The summed E-state index contributed by atoms with van der Waals surface area (Å²) in [5.41, 5.74) is 4.71. The zero-order chi connectivity index (χ0) is 24.4. The van der Waals surface area contributed by atoms with Gasteiger partial charge in [-0.2, -0.15) is 5.10 Å². The van der Waals surface area contributed by atoms with Crippen LogP contribution in [0.5, 0.6) is 11.5 Å². The Morgan fingerprint density at radius 2 is 1.57 bits per heavy atom. The highest BCUT2D eigenvalue weighted by Gasteiger charge is 2.15. The van der Waals surface area contributed by atoms with Crippen molar-refractivity contribution in [2.24, 2.45) is 0 Å². The number of pyridine rings is 1. The maximum Gasteiger partial charge on any atom is 0.323 e. The van der Waals surface area contributed by atoms with Crippen LogP contribution in [0.4, 0.5) is 27.7 Å². The van der Waals surface area contributed by atoms with Gasteiger partial charge in [0, 0.05) is 40.1 Å². The first-order valence-electron chi connectivity index (χ1n) is 10.9. The molecule has 5 rings (SSSR count). The number of benzene rings is 3. The highest BCUT2D eigenvalue weighted by atomic mass is 16.5. The number of H-pyrrole nitrogens is 1. The normalized spacial score (nSPS) is 10.8. The van der Waals surface area contributed by atoms with E-state index in [9.17, 15) is 4.79 Å². The first-order chi connectivity index (χ1) is 17.0. The lowest BCUT2D eigenvalue weighted by atomic mass is 10.1. The second-order valence-electron chi connectivity index (χ2n) is 7.98. The lowest BCUT2D eigenvalue weighted by Gasteiger charge is -2.12. The van der Waals surface area contributed by atoms with Gasteiger partial charge in [0.1, 0.15) is 5.52 Å². The predicted molar refractivity (Wildman–Crippen MR) is 138 cm³/mol. The van der Waals surface area contributed by atoms with Crippen LogP contribution in [-0.2, 0) is 0 Å². The molecule has 9 nitrogen and oxygen atoms in total. The number of aromatic nitrogens is 3. The van der Waals surface area contributed by atoms with Gasteiger partial charge in [-0.25, -0.2) is 9.78 Å². The number of urea groups is 1. The molecule has 176 valence electrons. The average molecular weight is 469 g/mol. The molecule has 0 fully saturated rings. The van der Waals surface area contributed by atoms with Crippen LogP contribution in [0.3, 0.4) is 0 Å². The number of fused-ring (bicyclic) bond motifs is 3. The summed E-state index contributed by atoms with van der Waals surface area (Å²) in [4.78, 5) is 17.1. The Morgan fingerprint density at radius 3 is 2.31 bits per heavy atom. The number of hydrogen-bond acceptors (Lipinski definition) is 6. The van der Waals surface area contributed by atoms with Gasteiger partial charge >= 0.3 is 6.03 Å². The van der Waals surface area contributed by atoms with Crippen LogP contribution in [0.2, 0.25) is 0 Å². The number of carbonyl (C=O) groups excluding carboxylic acids is 1. The van der Waals surface area contributed by atoms with Crippen LogP contribution in [0.15, 0.2) is 66.9 Å². The third-order valence-corrected chi connectivity index (χ3v) is 5.57. The van der Waals surface area contributed by atoms with Gasteiger partial charge in [0.25, 0.3) is 0 Å². The van der Waals surface area contributed by atoms with E-state index in [1.54, 1.807) is 14.2 Å². The Balaban J connectivity index is 1.37. The fourth-order valence-corrected chi connectivity index (χ4v) is 3.90. The Hall–Kier alpha value is -4.79. The molecule has 0 bridgehead atoms. The van der Waals surface area contributed by atoms with Crippen molar-refractivity contribution in [3.63, 3.8) is 0 Å². The van der Waals surface area contributed by atoms with E-state index in [0.29, 0.717) is 28.5 Å². The second-order valence-corrected chi connectivity index (χ2v) is 7.98. The van der Waals surface area contributed by atoms with Crippen molar-refractivity contribution in [3.8, 4) is 11.5 Å². The van der Waals surface area contributed by atoms with E-state index in [1.807, 2.05) is 73.8 Å². The Morgan fingerprint density at radius 1 is 0.857 bits per heavy atom. The van der Waals surface area contributed by atoms with Gasteiger partial charge in [-0.05, 0) is 55.0 Å². The molecule has 2 heterocycles. The van der Waals surface area contributed by atoms with E-state index >= 15 is 0 Å². The molecule has 3 aromatic carbocycles. The van der Waals surface area contributed by atoms with Crippen molar-refractivity contribution >= 4 is 50.7 Å². The van der Waals surface area contributed by atoms with Gasteiger partial charge in [0.05, 0.1) is 19.7 Å². The zero-order valence-corrected chi connectivity index (χ0v) is 19.5. The van der Waals surface area contributed by atoms with Crippen LogP contribution < -0.4 is 25.4 Å². The number of carbonyl (C=O) groups is 1. The number of aromatic amines is 1. The highest BCUT2D eigenvalue weighted by Crippen LogP contribution is 2.36. The molecule has 35 heavy (non-hydrogen) atoms. The molecule has 9 heteroatoms. The van der Waals surface area contributed by atoms with E-state index in [1.165, 1.54) is 0 Å². The van der Waals surface area contributed by atoms with Crippen LogP contribution >= 0.6 is 0 Å². The Bertz CT molecular complexity index is 1530. The quantitative estimate of drug-likeness (QED) is 0.250. The molecular formula is C26H24N6O3. The third-order valence-electron chi connectivity index (χ3n) is 5.57. The van der Waals surface area contributed by atoms with E-state index in [-0.39, 0.29) is 6.03 Å². The monoisotopic (exact) mass is 468 g/mol. The largest absolute Gasteiger partial charge is 0.493 e. The van der Waals surface area contributed by atoms with E-state index in [4.69, 9.17) is 14.5 Å². The lowest BCUT2D eigenvalue weighted by Crippen LogP contribution is -2.19. The van der Waals surface area contributed by atoms with Gasteiger partial charge in [-0.3, -0.25) is 5.10 Å². The minimum absolute atomic E-state index is 0.310. The van der Waals surface area contributed by atoms with E-state index in [0.717, 1.165) is 33.2 Å². The molecule has 0 saturated heterocycles. The number of rotatable bonds is 6. The molecular weight excluding hydrogens is 444 g/mol. The molecule has 2 amide bonds. The second kappa shape index (κ2) is 9.22. The molecule has 0 aliphatic rings. The first-order valence-corrected chi connectivity index (χ1v) is 10.9. The number of anilines is 4. The van der Waals surface area contributed by atoms with Crippen molar-refractivity contribution in [1.82, 2.24) is 15.2 Å². The van der Waals surface area contributed by atoms with Gasteiger partial charge < -0.3 is 25.4 Å². The number of methoxy groups -OCH3 is 2. The summed E-state index contributed by atoms with van der Waals surface area (Å²) in [6.07, 6.45) is 1.83. The molecule has 0 aliphatic carbocycles. The SMILES string of the molecule is COc1cc2nc(Nc3ccc(NC(=O)Nc4cccc(C)c4)cc3)c3n[nH]cc3c2cc1OC. The molecule has 0 radical (unpaired) electrons. The highest BCUT2D eigenvalue weighted by molar-refractivity contribution is 6.09. The van der Waals surface area contributed by atoms with Crippen LogP contribution in [0.25, 0.3) is 21.8 Å². The molecule has 4 N–H and O–H groups in total. The number of nitrogens with one attached hydrogen (secondary N) is 4. The van der Waals surface area contributed by atoms with Gasteiger partial charge in [-0.15, -0.1) is 0 Å². The molecule has 0 spiro atoms. The number of nitrogens with zero attached hydrogens (tertiary/aromatic N) is 2. The third kappa shape index (κ3) is 4.51. The Labute approximate surface area is 201 Å². The molecule has 0 aliphatic heterocycles. The van der Waals surface area contributed by atoms with Crippen molar-refractivity contribution in [3.05, 3.63) is 72.4 Å². The average Bonchev–Trinajstić information content (AvgIpc) is 3.35. The molecule has 0 atom stereocenters. The summed E-state index contributed by atoms with van der Waals surface area (Å²) < 4.78 is 10.9. The molecule has 0 saturated carbocycles. The van der Waals surface area contributed by atoms with E-state index in [2.05, 4.69) is 26.1 Å². The minimum Gasteiger partial charge on any atom is -0.493 e. The number of hydrogen-bond donors (Lipinski definition) is 4. The van der Waals surface area contributed by atoms with Crippen molar-refractivity contribution < 1.29 is 14.3 Å². The summed E-state index contributed by atoms with van der Waals surface area (Å²) in [6, 6.07) is 18.4. The van der Waals surface area contributed by atoms with Crippen LogP contribution in [0, 0.1) is 6.92 Å². The van der Waals surface area contributed by atoms with Gasteiger partial charge in [0.15, 0.2) is 17.3 Å². The predicted octanol–water partition coefficient (Wildman–Crippen LogP) is 5.82. The van der Waals surface area contributed by atoms with Crippen molar-refractivity contribution in [2.45, 2.75) is 6.92 Å². The van der Waals surface area contributed by atoms with E-state index < -0.39 is 0 Å². The van der Waals surface area contributed by atoms with Gasteiger partial charge in [0.2, 0.25) is 0 Å². The fraction of sp³-hybridized carbons (Fsp3) is 0.115. The van der Waals surface area contributed by atoms with Crippen molar-refractivity contribution in [2.75, 3.05) is 30.2 Å². The number of ether oxygens (including phenoxy) is 2. The summed E-state index contributed by atoms with van der Waals surface area (Å²) in [5.74, 6) is 1.82. The molecule has 5 aromatic rings. The smallest absolute Gasteiger partial charge is 0.323 e. The van der Waals surface area contributed by atoms with Crippen molar-refractivity contribution in [1.29, 1.82) is 0 Å². The maximum atomic E-state index is 12.3. The Kier molecular flexibility index (Phi) is 5.80. The van der Waals surface area contributed by atoms with Crippen LogP contribution in [-0.4, -0.2) is 35.4 Å². The van der Waals surface area contributed by atoms with Gasteiger partial charge in [-0.1, -0.05) is 12.1 Å². The zero-order valence-electron chi connectivity index (χ0n) is 19.5. The van der Waals surface area contributed by atoms with Crippen LogP contribution in [0.1, 0.15) is 5.56 Å². The number of aryl methyl sites for hydroxylation is 1. The molecule has 0 unspecified atom stereocenters. The number of amides is 2. The summed E-state index contributed by atoms with van der Waals surface area (Å²) in [5, 5.41) is 18.1. The summed E-state index contributed by atoms with van der Waals surface area (Å²) >= 11 is 0. The fourth-order valence-electron chi connectivity index (χ4n) is 3.90. The molecule has 2 aromatic heterocycles.